The molecule has 4 nitrogen and oxygen atoms in total. The van der Waals surface area contributed by atoms with E-state index in [0.717, 1.165) is 46.8 Å². The zero-order valence-corrected chi connectivity index (χ0v) is 46.8. The van der Waals surface area contributed by atoms with Gasteiger partial charge in [-0.1, -0.05) is 192 Å². The van der Waals surface area contributed by atoms with Gasteiger partial charge in [-0.3, -0.25) is 0 Å². The number of benzene rings is 6. The molecule has 6 aromatic carbocycles. The first-order valence-electron chi connectivity index (χ1n) is 26.4. The van der Waals surface area contributed by atoms with Crippen LogP contribution in [0, 0.1) is 0 Å². The average Bonchev–Trinajstić information content (AvgIpc) is 3.27. The average molecular weight is 945 g/mol. The van der Waals surface area contributed by atoms with Crippen LogP contribution in [0.3, 0.4) is 0 Å². The Bertz CT molecular complexity index is 3020. The van der Waals surface area contributed by atoms with Gasteiger partial charge in [-0.25, -0.2) is 4.79 Å². The number of hydrogen-bond acceptors (Lipinski definition) is 4. The number of fused-ring (bicyclic) bond motifs is 5. The van der Waals surface area contributed by atoms with Gasteiger partial charge >= 0.3 is 5.97 Å². The second kappa shape index (κ2) is 16.8. The van der Waals surface area contributed by atoms with Gasteiger partial charge in [-0.15, -0.1) is 0 Å². The zero-order valence-electron chi connectivity index (χ0n) is 46.8. The smallest absolute Gasteiger partial charge is 0.338 e. The van der Waals surface area contributed by atoms with Crippen molar-refractivity contribution in [1.82, 2.24) is 0 Å². The maximum absolute atomic E-state index is 15.0. The Morgan fingerprint density at radius 3 is 1.35 bits per heavy atom. The predicted octanol–water partition coefficient (Wildman–Crippen LogP) is 16.0. The summed E-state index contributed by atoms with van der Waals surface area (Å²) >= 11 is 0. The lowest BCUT2D eigenvalue weighted by atomic mass is 9.33. The minimum Gasteiger partial charge on any atom is -0.457 e. The number of anilines is 6. The van der Waals surface area contributed by atoms with Gasteiger partial charge in [0.2, 0.25) is 0 Å². The summed E-state index contributed by atoms with van der Waals surface area (Å²) in [6.45, 7) is 44.7. The van der Waals surface area contributed by atoms with Crippen LogP contribution in [0.2, 0.25) is 0 Å². The number of hydrogen-bond donors (Lipinski definition) is 0. The number of ether oxygens (including phenoxy) is 1. The molecular weight excluding hydrogens is 864 g/mol. The molecule has 9 rings (SSSR count). The quantitative estimate of drug-likeness (QED) is 0.127. The second-order valence-electron chi connectivity index (χ2n) is 27.9. The van der Waals surface area contributed by atoms with Gasteiger partial charge < -0.3 is 14.5 Å². The third-order valence-electron chi connectivity index (χ3n) is 16.2. The lowest BCUT2D eigenvalue weighted by Crippen LogP contribution is -2.62. The molecule has 0 radical (unpaired) electrons. The monoisotopic (exact) mass is 945 g/mol. The molecule has 6 aromatic rings. The first-order valence-corrected chi connectivity index (χ1v) is 26.4. The maximum Gasteiger partial charge on any atom is 0.338 e. The summed E-state index contributed by atoms with van der Waals surface area (Å²) < 4.78 is 6.33. The Hall–Kier alpha value is -5.55. The van der Waals surface area contributed by atoms with Crippen molar-refractivity contribution in [3.63, 3.8) is 0 Å². The van der Waals surface area contributed by atoms with Crippen molar-refractivity contribution in [3.05, 3.63) is 159 Å². The molecule has 3 aliphatic rings. The molecule has 2 aliphatic heterocycles. The van der Waals surface area contributed by atoms with E-state index in [-0.39, 0.29) is 57.2 Å². The predicted molar refractivity (Wildman–Crippen MR) is 305 cm³/mol. The van der Waals surface area contributed by atoms with Crippen LogP contribution in [-0.2, 0) is 49.2 Å². The van der Waals surface area contributed by atoms with Crippen LogP contribution < -0.4 is 26.2 Å². The van der Waals surface area contributed by atoms with Crippen molar-refractivity contribution in [2.24, 2.45) is 0 Å². The minimum atomic E-state index is -0.338. The fraction of sp³-hybridized carbons (Fsp3) is 0.439. The molecule has 0 saturated carbocycles. The highest BCUT2D eigenvalue weighted by Gasteiger charge is 2.47. The van der Waals surface area contributed by atoms with Crippen molar-refractivity contribution >= 4 is 63.2 Å². The lowest BCUT2D eigenvalue weighted by molar-refractivity contribution is 0.0472. The fourth-order valence-electron chi connectivity index (χ4n) is 11.2. The maximum atomic E-state index is 15.0. The normalized spacial score (nSPS) is 16.2. The van der Waals surface area contributed by atoms with Gasteiger partial charge in [0.1, 0.15) is 6.61 Å². The highest BCUT2D eigenvalue weighted by atomic mass is 16.5. The van der Waals surface area contributed by atoms with Crippen molar-refractivity contribution in [2.45, 2.75) is 189 Å². The molecule has 0 atom stereocenters. The number of rotatable bonds is 5. The highest BCUT2D eigenvalue weighted by Crippen LogP contribution is 2.52. The second-order valence-corrected chi connectivity index (χ2v) is 27.9. The van der Waals surface area contributed by atoms with Crippen molar-refractivity contribution in [3.8, 4) is 0 Å². The summed E-state index contributed by atoms with van der Waals surface area (Å²) in [6.07, 6.45) is 2.23. The van der Waals surface area contributed by atoms with Gasteiger partial charge in [0.05, 0.1) is 5.56 Å². The van der Waals surface area contributed by atoms with Crippen LogP contribution in [0.25, 0.3) is 0 Å². The van der Waals surface area contributed by atoms with Crippen LogP contribution in [0.1, 0.15) is 199 Å². The van der Waals surface area contributed by atoms with E-state index < -0.39 is 0 Å². The lowest BCUT2D eigenvalue weighted by Gasteiger charge is -2.48. The molecule has 5 heteroatoms. The van der Waals surface area contributed by atoms with E-state index in [1.807, 2.05) is 30.3 Å². The number of esters is 1. The minimum absolute atomic E-state index is 0.0146. The summed E-state index contributed by atoms with van der Waals surface area (Å²) in [5.74, 6) is -0.338. The van der Waals surface area contributed by atoms with E-state index in [1.165, 1.54) is 61.0 Å². The van der Waals surface area contributed by atoms with Gasteiger partial charge in [0.25, 0.3) is 6.71 Å². The van der Waals surface area contributed by atoms with Crippen LogP contribution in [0.5, 0.6) is 0 Å². The van der Waals surface area contributed by atoms with E-state index in [1.54, 1.807) is 0 Å². The van der Waals surface area contributed by atoms with E-state index in [0.29, 0.717) is 5.56 Å². The molecule has 370 valence electrons. The van der Waals surface area contributed by atoms with Gasteiger partial charge in [-0.05, 0) is 160 Å². The molecule has 0 N–H and O–H groups in total. The third-order valence-corrected chi connectivity index (χ3v) is 16.2. The van der Waals surface area contributed by atoms with Crippen molar-refractivity contribution in [1.29, 1.82) is 0 Å². The molecule has 0 fully saturated rings. The number of carbonyl (C=O) groups is 1. The summed E-state index contributed by atoms with van der Waals surface area (Å²) in [4.78, 5) is 20.1. The molecule has 0 aromatic heterocycles. The number of nitrogens with zero attached hydrogens (tertiary/aromatic N) is 2. The standard InChI is InChI=1S/C66H81BN2O2/c1-60(2,3)43-25-26-54-52(37-43)67-53-38-50-51(66(18,19)28-27-65(50,16)17)39-55(53)69(49-35-46(63(10,11)12)32-47(36-49)64(13,14)15)57-30-42(59(70)71-40-41-23-21-20-22-24-41)29-56(58(57)67)68(54)48-33-44(61(4,5)6)31-45(34-48)62(7,8)9/h20-26,29-39H,27-28,40H2,1-19H3. The Morgan fingerprint density at radius 1 is 0.479 bits per heavy atom. The molecular formula is C66H81BN2O2. The molecule has 0 bridgehead atoms. The SMILES string of the molecule is CC(C)(C)c1cc(N2c3ccc(C(C)(C)C)cc3B3c4cc5c(cc4N(c4cc(C(C)(C)C)cc(C(C)(C)C)c4)c4cc(C(=O)OCc6ccccc6)cc2c43)C(C)(C)CCC5(C)C)cc(C(C)(C)C)c1. The van der Waals surface area contributed by atoms with Crippen LogP contribution in [0.4, 0.5) is 34.1 Å². The van der Waals surface area contributed by atoms with E-state index in [9.17, 15) is 0 Å². The first kappa shape index (κ1) is 50.4. The van der Waals surface area contributed by atoms with E-state index >= 15 is 4.79 Å². The highest BCUT2D eigenvalue weighted by molar-refractivity contribution is 7.00. The zero-order chi connectivity index (χ0) is 51.8. The Balaban J connectivity index is 1.46. The van der Waals surface area contributed by atoms with Crippen LogP contribution in [-0.4, -0.2) is 12.7 Å². The van der Waals surface area contributed by atoms with Crippen molar-refractivity contribution < 1.29 is 9.53 Å². The Kier molecular flexibility index (Phi) is 11.9. The third kappa shape index (κ3) is 9.18. The number of carbonyl (C=O) groups excluding carboxylic acids is 1. The van der Waals surface area contributed by atoms with Crippen LogP contribution >= 0.6 is 0 Å². The summed E-state index contributed by atoms with van der Waals surface area (Å²) in [6, 6.07) is 41.3. The molecule has 71 heavy (non-hydrogen) atoms. The van der Waals surface area contributed by atoms with Gasteiger partial charge in [0, 0.05) is 34.1 Å². The largest absolute Gasteiger partial charge is 0.457 e. The summed E-state index contributed by atoms with van der Waals surface area (Å²) in [5, 5.41) is 0. The summed E-state index contributed by atoms with van der Waals surface area (Å²) in [5.41, 5.74) is 20.5. The van der Waals surface area contributed by atoms with Crippen LogP contribution in [0.15, 0.2) is 109 Å². The molecule has 0 saturated heterocycles. The van der Waals surface area contributed by atoms with Gasteiger partial charge in [-0.2, -0.15) is 0 Å². The Morgan fingerprint density at radius 2 is 0.901 bits per heavy atom. The van der Waals surface area contributed by atoms with E-state index in [4.69, 9.17) is 4.74 Å². The van der Waals surface area contributed by atoms with Gasteiger partial charge in [0.15, 0.2) is 0 Å². The molecule has 2 heterocycles. The molecule has 0 amide bonds. The van der Waals surface area contributed by atoms with E-state index in [2.05, 4.69) is 220 Å². The van der Waals surface area contributed by atoms with Crippen molar-refractivity contribution in [2.75, 3.05) is 9.80 Å². The molecule has 0 unspecified atom stereocenters. The molecule has 1 aliphatic carbocycles. The fourth-order valence-corrected chi connectivity index (χ4v) is 11.2. The summed E-state index contributed by atoms with van der Waals surface area (Å²) in [7, 11) is 0. The first-order chi connectivity index (χ1) is 32.7. The Labute approximate surface area is 428 Å². The topological polar surface area (TPSA) is 32.8 Å². The molecule has 0 spiro atoms.